The maximum atomic E-state index is 14.1. The lowest BCUT2D eigenvalue weighted by molar-refractivity contribution is 0.0696. The highest BCUT2D eigenvalue weighted by Crippen LogP contribution is 2.28. The molecule has 2 heterocycles. The lowest BCUT2D eigenvalue weighted by atomic mass is 10.1. The second kappa shape index (κ2) is 4.50. The van der Waals surface area contributed by atoms with Gasteiger partial charge < -0.3 is 10.0 Å². The summed E-state index contributed by atoms with van der Waals surface area (Å²) in [7, 11) is 0. The van der Waals surface area contributed by atoms with Gasteiger partial charge in [0.1, 0.15) is 5.82 Å². The minimum Gasteiger partial charge on any atom is -0.478 e. The highest BCUT2D eigenvalue weighted by Gasteiger charge is 2.17. The number of aromatic nitrogens is 1. The number of halogens is 1. The summed E-state index contributed by atoms with van der Waals surface area (Å²) in [5.74, 6) is -1.38. The van der Waals surface area contributed by atoms with E-state index < -0.39 is 5.97 Å². The van der Waals surface area contributed by atoms with E-state index in [4.69, 9.17) is 5.11 Å². The first-order valence-electron chi connectivity index (χ1n) is 6.23. The zero-order valence-electron chi connectivity index (χ0n) is 10.3. The van der Waals surface area contributed by atoms with E-state index in [1.807, 2.05) is 4.90 Å². The van der Waals surface area contributed by atoms with Gasteiger partial charge in [-0.25, -0.2) is 9.18 Å². The second-order valence-electron chi connectivity index (χ2n) is 4.72. The molecule has 0 unspecified atom stereocenters. The zero-order chi connectivity index (χ0) is 13.4. The number of fused-ring (bicyclic) bond motifs is 1. The summed E-state index contributed by atoms with van der Waals surface area (Å²) in [6, 6.07) is 4.51. The van der Waals surface area contributed by atoms with Crippen molar-refractivity contribution in [2.45, 2.75) is 12.8 Å². The maximum Gasteiger partial charge on any atom is 0.337 e. The van der Waals surface area contributed by atoms with E-state index in [0.717, 1.165) is 25.9 Å². The lowest BCUT2D eigenvalue weighted by Gasteiger charge is -2.18. The van der Waals surface area contributed by atoms with E-state index in [1.54, 1.807) is 6.07 Å². The summed E-state index contributed by atoms with van der Waals surface area (Å²) >= 11 is 0. The third-order valence-electron chi connectivity index (χ3n) is 3.44. The monoisotopic (exact) mass is 260 g/mol. The van der Waals surface area contributed by atoms with Crippen LogP contribution in [0.2, 0.25) is 0 Å². The molecule has 1 fully saturated rings. The van der Waals surface area contributed by atoms with Crippen LogP contribution in [-0.2, 0) is 0 Å². The Kier molecular flexibility index (Phi) is 2.81. The number of carbonyl (C=O) groups is 1. The van der Waals surface area contributed by atoms with Crippen LogP contribution in [0, 0.1) is 5.82 Å². The average molecular weight is 260 g/mol. The zero-order valence-corrected chi connectivity index (χ0v) is 10.3. The summed E-state index contributed by atoms with van der Waals surface area (Å²) in [5, 5.41) is 9.41. The number of carboxylic acids is 1. The van der Waals surface area contributed by atoms with Gasteiger partial charge in [-0.15, -0.1) is 0 Å². The van der Waals surface area contributed by atoms with Gasteiger partial charge in [-0.05, 0) is 31.0 Å². The lowest BCUT2D eigenvalue weighted by Crippen LogP contribution is -2.18. The first kappa shape index (κ1) is 11.9. The third-order valence-corrected chi connectivity index (χ3v) is 3.44. The molecule has 1 aromatic carbocycles. The minimum absolute atomic E-state index is 0.0702. The Morgan fingerprint density at radius 1 is 1.26 bits per heavy atom. The van der Waals surface area contributed by atoms with Crippen molar-refractivity contribution in [2.24, 2.45) is 0 Å². The van der Waals surface area contributed by atoms with E-state index in [2.05, 4.69) is 4.98 Å². The van der Waals surface area contributed by atoms with E-state index in [0.29, 0.717) is 16.6 Å². The Bertz CT molecular complexity index is 651. The van der Waals surface area contributed by atoms with Gasteiger partial charge in [-0.3, -0.25) is 4.98 Å². The van der Waals surface area contributed by atoms with Gasteiger partial charge in [0.2, 0.25) is 0 Å². The van der Waals surface area contributed by atoms with Crippen LogP contribution in [0.15, 0.2) is 24.4 Å². The number of rotatable bonds is 2. The van der Waals surface area contributed by atoms with E-state index in [-0.39, 0.29) is 11.4 Å². The molecule has 19 heavy (non-hydrogen) atoms. The normalized spacial score (nSPS) is 15.1. The Hall–Kier alpha value is -2.17. The maximum absolute atomic E-state index is 14.1. The summed E-state index contributed by atoms with van der Waals surface area (Å²) in [4.78, 5) is 17.0. The fourth-order valence-electron chi connectivity index (χ4n) is 2.45. The molecule has 0 saturated carbocycles. The fourth-order valence-corrected chi connectivity index (χ4v) is 2.45. The number of anilines is 1. The Balaban J connectivity index is 2.10. The van der Waals surface area contributed by atoms with Crippen molar-refractivity contribution in [1.82, 2.24) is 4.98 Å². The van der Waals surface area contributed by atoms with Gasteiger partial charge in [0.25, 0.3) is 0 Å². The molecule has 3 rings (SSSR count). The summed E-state index contributed by atoms with van der Waals surface area (Å²) in [6.45, 7) is 1.71. The van der Waals surface area contributed by atoms with Crippen LogP contribution in [0.4, 0.5) is 10.1 Å². The van der Waals surface area contributed by atoms with Crippen LogP contribution < -0.4 is 4.90 Å². The first-order valence-corrected chi connectivity index (χ1v) is 6.23. The fraction of sp³-hybridized carbons (Fsp3) is 0.286. The number of pyridine rings is 1. The van der Waals surface area contributed by atoms with E-state index in [9.17, 15) is 9.18 Å². The van der Waals surface area contributed by atoms with E-state index >= 15 is 0 Å². The smallest absolute Gasteiger partial charge is 0.337 e. The van der Waals surface area contributed by atoms with Crippen molar-refractivity contribution >= 4 is 22.6 Å². The molecule has 0 aliphatic carbocycles. The van der Waals surface area contributed by atoms with Gasteiger partial charge in [0, 0.05) is 24.7 Å². The predicted octanol–water partition coefficient (Wildman–Crippen LogP) is 2.67. The predicted molar refractivity (Wildman–Crippen MR) is 70.1 cm³/mol. The van der Waals surface area contributed by atoms with Crippen molar-refractivity contribution in [1.29, 1.82) is 0 Å². The first-order chi connectivity index (χ1) is 9.15. The van der Waals surface area contributed by atoms with Crippen LogP contribution in [0.1, 0.15) is 23.2 Å². The Morgan fingerprint density at radius 3 is 2.68 bits per heavy atom. The van der Waals surface area contributed by atoms with Crippen LogP contribution >= 0.6 is 0 Å². The SMILES string of the molecule is O=C(O)c1cnc2cc(N3CCCC3)c(F)cc2c1. The Morgan fingerprint density at radius 2 is 2.00 bits per heavy atom. The quantitative estimate of drug-likeness (QED) is 0.902. The molecule has 0 atom stereocenters. The molecule has 4 nitrogen and oxygen atoms in total. The molecule has 1 aliphatic rings. The molecular formula is C14H13FN2O2. The van der Waals surface area contributed by atoms with Crippen LogP contribution in [0.3, 0.4) is 0 Å². The highest BCUT2D eigenvalue weighted by atomic mass is 19.1. The van der Waals surface area contributed by atoms with Crippen LogP contribution in [0.25, 0.3) is 10.9 Å². The third kappa shape index (κ3) is 2.12. The number of aromatic carboxylic acids is 1. The van der Waals surface area contributed by atoms with Crippen molar-refractivity contribution in [3.63, 3.8) is 0 Å². The molecule has 1 saturated heterocycles. The van der Waals surface area contributed by atoms with E-state index in [1.165, 1.54) is 18.3 Å². The molecule has 1 aliphatic heterocycles. The van der Waals surface area contributed by atoms with Crippen molar-refractivity contribution in [3.8, 4) is 0 Å². The van der Waals surface area contributed by atoms with Crippen LogP contribution in [0.5, 0.6) is 0 Å². The molecule has 5 heteroatoms. The number of benzene rings is 1. The van der Waals surface area contributed by atoms with Gasteiger partial charge in [-0.1, -0.05) is 0 Å². The highest BCUT2D eigenvalue weighted by molar-refractivity contribution is 5.93. The summed E-state index contributed by atoms with van der Waals surface area (Å²) < 4.78 is 14.1. The molecule has 1 N–H and O–H groups in total. The number of hydrogen-bond donors (Lipinski definition) is 1. The van der Waals surface area contributed by atoms with Gasteiger partial charge in [0.15, 0.2) is 0 Å². The standard InChI is InChI=1S/C14H13FN2O2/c15-11-6-9-5-10(14(18)19)8-16-12(9)7-13(11)17-3-1-2-4-17/h5-8H,1-4H2,(H,18,19). The Labute approximate surface area is 109 Å². The van der Waals surface area contributed by atoms with Crippen molar-refractivity contribution in [3.05, 3.63) is 35.8 Å². The number of carboxylic acid groups (broad SMARTS) is 1. The molecule has 0 bridgehead atoms. The molecule has 98 valence electrons. The number of hydrogen-bond acceptors (Lipinski definition) is 3. The average Bonchev–Trinajstić information content (AvgIpc) is 2.90. The van der Waals surface area contributed by atoms with Gasteiger partial charge >= 0.3 is 5.97 Å². The molecule has 0 radical (unpaired) electrons. The molecule has 0 amide bonds. The van der Waals surface area contributed by atoms with Crippen molar-refractivity contribution < 1.29 is 14.3 Å². The van der Waals surface area contributed by atoms with Crippen LogP contribution in [-0.4, -0.2) is 29.1 Å². The molecule has 2 aromatic rings. The number of nitrogens with zero attached hydrogens (tertiary/aromatic N) is 2. The van der Waals surface area contributed by atoms with Gasteiger partial charge in [0.05, 0.1) is 16.8 Å². The van der Waals surface area contributed by atoms with Crippen molar-refractivity contribution in [2.75, 3.05) is 18.0 Å². The molecule has 1 aromatic heterocycles. The molecule has 0 spiro atoms. The minimum atomic E-state index is -1.06. The topological polar surface area (TPSA) is 53.4 Å². The summed E-state index contributed by atoms with van der Waals surface area (Å²) in [6.07, 6.45) is 3.45. The van der Waals surface area contributed by atoms with Gasteiger partial charge in [-0.2, -0.15) is 0 Å². The molecular weight excluding hydrogens is 247 g/mol. The second-order valence-corrected chi connectivity index (χ2v) is 4.72. The largest absolute Gasteiger partial charge is 0.478 e. The summed E-state index contributed by atoms with van der Waals surface area (Å²) in [5.41, 5.74) is 1.25.